The standard InChI is InChI=1S/C21H34/c1-14-13-16-7-5-6-11-21(16,4)18-10-12-20(3)15(2)8-9-17(20)19(14)18/h14,16-19H,2,5-13H2,1,3-4H3/t14?,16?,17?,18?,19?,20-,21+/m1/s1. The fourth-order valence-electron chi connectivity index (χ4n) is 7.58. The van der Waals surface area contributed by atoms with Crippen molar-refractivity contribution in [3.8, 4) is 0 Å². The number of allylic oxidation sites excluding steroid dienone is 1. The summed E-state index contributed by atoms with van der Waals surface area (Å²) in [5.74, 6) is 4.98. The van der Waals surface area contributed by atoms with Crippen LogP contribution >= 0.6 is 0 Å². The second kappa shape index (κ2) is 4.62. The molecule has 7 atom stereocenters. The van der Waals surface area contributed by atoms with Crippen LogP contribution in [0.4, 0.5) is 0 Å². The summed E-state index contributed by atoms with van der Waals surface area (Å²) < 4.78 is 0. The minimum atomic E-state index is 0.493. The average molecular weight is 287 g/mol. The second-order valence-electron chi connectivity index (χ2n) is 9.55. The average Bonchev–Trinajstić information content (AvgIpc) is 2.76. The van der Waals surface area contributed by atoms with Crippen LogP contribution in [0.5, 0.6) is 0 Å². The van der Waals surface area contributed by atoms with E-state index in [1.165, 1.54) is 57.8 Å². The molecule has 4 aliphatic rings. The van der Waals surface area contributed by atoms with E-state index in [4.69, 9.17) is 0 Å². The molecule has 0 heterocycles. The molecule has 5 unspecified atom stereocenters. The molecule has 0 aliphatic heterocycles. The van der Waals surface area contributed by atoms with Gasteiger partial charge >= 0.3 is 0 Å². The molecule has 4 fully saturated rings. The molecule has 0 N–H and O–H groups in total. The molecule has 0 heteroatoms. The van der Waals surface area contributed by atoms with E-state index in [1.807, 2.05) is 0 Å². The normalized spacial score (nSPS) is 56.5. The van der Waals surface area contributed by atoms with Gasteiger partial charge in [-0.3, -0.25) is 0 Å². The smallest absolute Gasteiger partial charge is 0.00878 e. The molecule has 0 aromatic carbocycles. The van der Waals surface area contributed by atoms with Gasteiger partial charge in [0.05, 0.1) is 0 Å². The summed E-state index contributed by atoms with van der Waals surface area (Å²) in [6, 6.07) is 0. The van der Waals surface area contributed by atoms with Gasteiger partial charge in [-0.2, -0.15) is 0 Å². The van der Waals surface area contributed by atoms with Crippen LogP contribution in [-0.4, -0.2) is 0 Å². The predicted octanol–water partition coefficient (Wildman–Crippen LogP) is 6.22. The first-order chi connectivity index (χ1) is 9.97. The van der Waals surface area contributed by atoms with Crippen LogP contribution in [0, 0.1) is 40.4 Å². The summed E-state index contributed by atoms with van der Waals surface area (Å²) in [5, 5.41) is 0. The lowest BCUT2D eigenvalue weighted by Gasteiger charge is -2.62. The predicted molar refractivity (Wildman–Crippen MR) is 90.0 cm³/mol. The highest BCUT2D eigenvalue weighted by molar-refractivity contribution is 5.21. The molecule has 0 bridgehead atoms. The zero-order chi connectivity index (χ0) is 14.8. The summed E-state index contributed by atoms with van der Waals surface area (Å²) in [6.45, 7) is 12.3. The molecule has 0 saturated heterocycles. The molecule has 4 aliphatic carbocycles. The first-order valence-corrected chi connectivity index (χ1v) is 9.65. The van der Waals surface area contributed by atoms with Crippen LogP contribution in [0.1, 0.15) is 78.6 Å². The minimum Gasteiger partial charge on any atom is -0.0993 e. The quantitative estimate of drug-likeness (QED) is 0.464. The number of hydrogen-bond donors (Lipinski definition) is 0. The number of rotatable bonds is 0. The van der Waals surface area contributed by atoms with Gasteiger partial charge in [0.25, 0.3) is 0 Å². The molecule has 0 nitrogen and oxygen atoms in total. The maximum absolute atomic E-state index is 4.47. The SMILES string of the molecule is C=C1CCC2C3C(C)CC4CCCC[C@]4(C)C3CC[C@]12C. The molecule has 21 heavy (non-hydrogen) atoms. The van der Waals surface area contributed by atoms with Gasteiger partial charge in [-0.05, 0) is 85.4 Å². The Bertz CT molecular complexity index is 449. The molecular formula is C21H34. The Hall–Kier alpha value is -0.260. The third-order valence-corrected chi connectivity index (χ3v) is 8.90. The van der Waals surface area contributed by atoms with Crippen LogP contribution in [0.15, 0.2) is 12.2 Å². The maximum Gasteiger partial charge on any atom is -0.00878 e. The van der Waals surface area contributed by atoms with E-state index in [9.17, 15) is 0 Å². The van der Waals surface area contributed by atoms with E-state index in [0.717, 1.165) is 29.6 Å². The lowest BCUT2D eigenvalue weighted by Crippen LogP contribution is -2.54. The first-order valence-electron chi connectivity index (χ1n) is 9.65. The van der Waals surface area contributed by atoms with Crippen LogP contribution in [0.25, 0.3) is 0 Å². The highest BCUT2D eigenvalue weighted by Crippen LogP contribution is 2.68. The zero-order valence-electron chi connectivity index (χ0n) is 14.5. The van der Waals surface area contributed by atoms with Gasteiger partial charge in [-0.1, -0.05) is 45.8 Å². The first kappa shape index (κ1) is 14.3. The summed E-state index contributed by atoms with van der Waals surface area (Å²) >= 11 is 0. The van der Waals surface area contributed by atoms with Gasteiger partial charge in [0.2, 0.25) is 0 Å². The lowest BCUT2D eigenvalue weighted by atomic mass is 9.43. The van der Waals surface area contributed by atoms with Crippen molar-refractivity contribution in [2.75, 3.05) is 0 Å². The van der Waals surface area contributed by atoms with Crippen LogP contribution in [0.2, 0.25) is 0 Å². The van der Waals surface area contributed by atoms with Gasteiger partial charge in [-0.25, -0.2) is 0 Å². The van der Waals surface area contributed by atoms with E-state index in [2.05, 4.69) is 27.4 Å². The van der Waals surface area contributed by atoms with E-state index in [-0.39, 0.29) is 0 Å². The van der Waals surface area contributed by atoms with Crippen molar-refractivity contribution in [3.63, 3.8) is 0 Å². The molecule has 0 radical (unpaired) electrons. The summed E-state index contributed by atoms with van der Waals surface area (Å²) in [5.41, 5.74) is 2.77. The summed E-state index contributed by atoms with van der Waals surface area (Å²) in [7, 11) is 0. The monoisotopic (exact) mass is 286 g/mol. The fraction of sp³-hybridized carbons (Fsp3) is 0.905. The molecule has 0 amide bonds. The van der Waals surface area contributed by atoms with Gasteiger partial charge in [0.1, 0.15) is 0 Å². The third-order valence-electron chi connectivity index (χ3n) is 8.90. The van der Waals surface area contributed by atoms with Crippen molar-refractivity contribution in [1.29, 1.82) is 0 Å². The molecule has 0 aromatic rings. The third kappa shape index (κ3) is 1.80. The second-order valence-corrected chi connectivity index (χ2v) is 9.55. The Morgan fingerprint density at radius 2 is 1.81 bits per heavy atom. The largest absolute Gasteiger partial charge is 0.0993 e. The van der Waals surface area contributed by atoms with Crippen LogP contribution in [0.3, 0.4) is 0 Å². The Morgan fingerprint density at radius 3 is 2.62 bits per heavy atom. The van der Waals surface area contributed by atoms with Gasteiger partial charge in [0, 0.05) is 0 Å². The van der Waals surface area contributed by atoms with Gasteiger partial charge in [0.15, 0.2) is 0 Å². The van der Waals surface area contributed by atoms with Crippen molar-refractivity contribution < 1.29 is 0 Å². The number of fused-ring (bicyclic) bond motifs is 5. The van der Waals surface area contributed by atoms with Gasteiger partial charge in [-0.15, -0.1) is 0 Å². The molecule has 118 valence electrons. The highest BCUT2D eigenvalue weighted by Gasteiger charge is 2.59. The van der Waals surface area contributed by atoms with Crippen LogP contribution in [-0.2, 0) is 0 Å². The lowest BCUT2D eigenvalue weighted by molar-refractivity contribution is -0.123. The maximum atomic E-state index is 4.47. The molecule has 4 saturated carbocycles. The topological polar surface area (TPSA) is 0 Å². The van der Waals surface area contributed by atoms with E-state index < -0.39 is 0 Å². The Balaban J connectivity index is 1.71. The van der Waals surface area contributed by atoms with Crippen molar-refractivity contribution in [1.82, 2.24) is 0 Å². The molecule has 4 rings (SSSR count). The van der Waals surface area contributed by atoms with E-state index in [0.29, 0.717) is 10.8 Å². The molecule has 0 spiro atoms. The van der Waals surface area contributed by atoms with E-state index >= 15 is 0 Å². The summed E-state index contributed by atoms with van der Waals surface area (Å²) in [6.07, 6.45) is 13.3. The minimum absolute atomic E-state index is 0.493. The van der Waals surface area contributed by atoms with Crippen molar-refractivity contribution in [2.45, 2.75) is 78.6 Å². The Labute approximate surface area is 131 Å². The van der Waals surface area contributed by atoms with Crippen LogP contribution < -0.4 is 0 Å². The Kier molecular flexibility index (Phi) is 3.15. The van der Waals surface area contributed by atoms with E-state index in [1.54, 1.807) is 5.57 Å². The fourth-order valence-corrected chi connectivity index (χ4v) is 7.58. The van der Waals surface area contributed by atoms with Gasteiger partial charge < -0.3 is 0 Å². The zero-order valence-corrected chi connectivity index (χ0v) is 14.5. The number of hydrogen-bond acceptors (Lipinski definition) is 0. The van der Waals surface area contributed by atoms with Crippen molar-refractivity contribution in [3.05, 3.63) is 12.2 Å². The van der Waals surface area contributed by atoms with Crippen molar-refractivity contribution >= 4 is 0 Å². The molecular weight excluding hydrogens is 252 g/mol. The Morgan fingerprint density at radius 1 is 1.00 bits per heavy atom. The highest BCUT2D eigenvalue weighted by atomic mass is 14.6. The van der Waals surface area contributed by atoms with Crippen molar-refractivity contribution in [2.24, 2.45) is 40.4 Å². The molecule has 0 aromatic heterocycles. The summed E-state index contributed by atoms with van der Waals surface area (Å²) in [4.78, 5) is 0.